The lowest BCUT2D eigenvalue weighted by Gasteiger charge is -2.16. The van der Waals surface area contributed by atoms with E-state index in [9.17, 15) is 0 Å². The molecule has 0 heterocycles. The van der Waals surface area contributed by atoms with Gasteiger partial charge in [-0.3, -0.25) is 0 Å². The molecule has 0 aliphatic carbocycles. The number of hydrogen-bond donors (Lipinski definition) is 0. The first-order chi connectivity index (χ1) is 10.3. The quantitative estimate of drug-likeness (QED) is 0.526. The molecule has 0 saturated heterocycles. The minimum absolute atomic E-state index is 0.00952. The van der Waals surface area contributed by atoms with Gasteiger partial charge in [-0.05, 0) is 29.8 Å². The molecule has 2 aromatic carbocycles. The van der Waals surface area contributed by atoms with E-state index in [-0.39, 0.29) is 6.10 Å². The van der Waals surface area contributed by atoms with Crippen molar-refractivity contribution in [3.05, 3.63) is 60.2 Å². The van der Waals surface area contributed by atoms with Crippen molar-refractivity contribution in [2.75, 3.05) is 25.7 Å². The second-order valence-corrected chi connectivity index (χ2v) is 5.10. The fraction of sp³-hybridized carbons (Fsp3) is 0.294. The maximum atomic E-state index is 5.86. The fourth-order valence-corrected chi connectivity index (χ4v) is 2.48. The molecule has 0 aliphatic heterocycles. The lowest BCUT2D eigenvalue weighted by molar-refractivity contribution is 0.0474. The van der Waals surface area contributed by atoms with E-state index in [1.165, 1.54) is 0 Å². The van der Waals surface area contributed by atoms with Crippen LogP contribution in [-0.4, -0.2) is 25.7 Å². The van der Waals surface area contributed by atoms with Crippen LogP contribution in [0.4, 0.5) is 0 Å². The molecule has 0 bridgehead atoms. The van der Waals surface area contributed by atoms with Crippen LogP contribution in [0.1, 0.15) is 11.7 Å². The van der Waals surface area contributed by atoms with Crippen LogP contribution in [0.5, 0.6) is 11.5 Å². The number of benzene rings is 2. The minimum atomic E-state index is 0.00952. The van der Waals surface area contributed by atoms with Crippen molar-refractivity contribution in [3.63, 3.8) is 0 Å². The summed E-state index contributed by atoms with van der Waals surface area (Å²) in [7, 11) is 1.66. The average Bonchev–Trinajstić information content (AvgIpc) is 2.56. The van der Waals surface area contributed by atoms with Crippen molar-refractivity contribution in [2.24, 2.45) is 0 Å². The summed E-state index contributed by atoms with van der Waals surface area (Å²) in [6.45, 7) is 1.07. The molecule has 0 aromatic heterocycles. The molecule has 21 heavy (non-hydrogen) atoms. The average molecular weight is 351 g/mol. The monoisotopic (exact) mass is 350 g/mol. The number of hydrogen-bond acceptors (Lipinski definition) is 3. The lowest BCUT2D eigenvalue weighted by atomic mass is 10.1. The van der Waals surface area contributed by atoms with Gasteiger partial charge in [-0.15, -0.1) is 0 Å². The summed E-state index contributed by atoms with van der Waals surface area (Å²) in [4.78, 5) is 0. The Labute approximate surface area is 134 Å². The smallest absolute Gasteiger partial charge is 0.119 e. The number of ether oxygens (including phenoxy) is 3. The fourth-order valence-electron chi connectivity index (χ4n) is 1.92. The van der Waals surface area contributed by atoms with Crippen LogP contribution >= 0.6 is 15.9 Å². The second-order valence-electron chi connectivity index (χ2n) is 4.45. The lowest BCUT2D eigenvalue weighted by Crippen LogP contribution is -2.12. The molecule has 1 unspecified atom stereocenters. The van der Waals surface area contributed by atoms with E-state index in [2.05, 4.69) is 15.9 Å². The van der Waals surface area contributed by atoms with Gasteiger partial charge in [0.1, 0.15) is 18.1 Å². The molecule has 1 atom stereocenters. The highest BCUT2D eigenvalue weighted by Gasteiger charge is 2.10. The predicted octanol–water partition coefficient (Wildman–Crippen LogP) is 4.23. The molecule has 0 amide bonds. The normalized spacial score (nSPS) is 11.9. The Morgan fingerprint density at radius 3 is 2.24 bits per heavy atom. The Morgan fingerprint density at radius 1 is 0.905 bits per heavy atom. The van der Waals surface area contributed by atoms with E-state index in [0.717, 1.165) is 22.4 Å². The summed E-state index contributed by atoms with van der Waals surface area (Å²) >= 11 is 3.49. The van der Waals surface area contributed by atoms with Crippen LogP contribution in [0.2, 0.25) is 0 Å². The summed E-state index contributed by atoms with van der Waals surface area (Å²) in [5, 5.41) is 0.741. The van der Waals surface area contributed by atoms with Crippen molar-refractivity contribution in [2.45, 2.75) is 6.10 Å². The highest BCUT2D eigenvalue weighted by atomic mass is 79.9. The molecule has 0 radical (unpaired) electrons. The van der Waals surface area contributed by atoms with Crippen molar-refractivity contribution in [1.29, 1.82) is 0 Å². The topological polar surface area (TPSA) is 27.7 Å². The zero-order valence-electron chi connectivity index (χ0n) is 12.0. The van der Waals surface area contributed by atoms with Gasteiger partial charge in [0.15, 0.2) is 0 Å². The van der Waals surface area contributed by atoms with E-state index >= 15 is 0 Å². The summed E-state index contributed by atoms with van der Waals surface area (Å²) in [5.41, 5.74) is 1.12. The third kappa shape index (κ3) is 5.06. The zero-order chi connectivity index (χ0) is 14.9. The maximum Gasteiger partial charge on any atom is 0.119 e. The first-order valence-electron chi connectivity index (χ1n) is 6.83. The van der Waals surface area contributed by atoms with Crippen molar-refractivity contribution in [1.82, 2.24) is 0 Å². The van der Waals surface area contributed by atoms with E-state index in [1.807, 2.05) is 54.6 Å². The van der Waals surface area contributed by atoms with Gasteiger partial charge in [0, 0.05) is 5.33 Å². The largest absolute Gasteiger partial charge is 0.497 e. The van der Waals surface area contributed by atoms with E-state index in [1.54, 1.807) is 7.11 Å². The molecule has 2 aromatic rings. The molecule has 2 rings (SSSR count). The van der Waals surface area contributed by atoms with Gasteiger partial charge in [-0.25, -0.2) is 0 Å². The molecule has 3 nitrogen and oxygen atoms in total. The first kappa shape index (κ1) is 15.9. The van der Waals surface area contributed by atoms with Gasteiger partial charge in [-0.1, -0.05) is 46.3 Å². The Hall–Kier alpha value is -1.52. The summed E-state index contributed by atoms with van der Waals surface area (Å²) < 4.78 is 16.6. The van der Waals surface area contributed by atoms with Gasteiger partial charge in [-0.2, -0.15) is 0 Å². The van der Waals surface area contributed by atoms with Crippen molar-refractivity contribution in [3.8, 4) is 11.5 Å². The van der Waals surface area contributed by atoms with Crippen LogP contribution in [0.25, 0.3) is 0 Å². The number of methoxy groups -OCH3 is 1. The molecule has 0 spiro atoms. The molecule has 112 valence electrons. The third-order valence-corrected chi connectivity index (χ3v) is 3.63. The predicted molar refractivity (Wildman–Crippen MR) is 87.4 cm³/mol. The molecular formula is C17H19BrO3. The Balaban J connectivity index is 1.79. The Bertz CT molecular complexity index is 513. The van der Waals surface area contributed by atoms with Crippen molar-refractivity contribution < 1.29 is 14.2 Å². The zero-order valence-corrected chi connectivity index (χ0v) is 13.6. The van der Waals surface area contributed by atoms with Gasteiger partial charge in [0.2, 0.25) is 0 Å². The standard InChI is InChI=1S/C17H19BrO3/c1-19-15-9-7-14(8-10-15)17(13-18)21-12-11-20-16-5-3-2-4-6-16/h2-10,17H,11-13H2,1H3. The summed E-state index contributed by atoms with van der Waals surface area (Å²) in [5.74, 6) is 1.71. The number of rotatable bonds is 8. The van der Waals surface area contributed by atoms with Gasteiger partial charge < -0.3 is 14.2 Å². The minimum Gasteiger partial charge on any atom is -0.497 e. The molecular weight excluding hydrogens is 332 g/mol. The maximum absolute atomic E-state index is 5.86. The van der Waals surface area contributed by atoms with Crippen molar-refractivity contribution >= 4 is 15.9 Å². The summed E-state index contributed by atoms with van der Waals surface area (Å²) in [6.07, 6.45) is 0.00952. The molecule has 0 saturated carbocycles. The molecule has 0 aliphatic rings. The highest BCUT2D eigenvalue weighted by Crippen LogP contribution is 2.22. The Kier molecular flexibility index (Phi) is 6.57. The second kappa shape index (κ2) is 8.70. The van der Waals surface area contributed by atoms with Crippen LogP contribution in [0.3, 0.4) is 0 Å². The molecule has 4 heteroatoms. The van der Waals surface area contributed by atoms with Gasteiger partial charge in [0.25, 0.3) is 0 Å². The third-order valence-electron chi connectivity index (χ3n) is 3.04. The van der Waals surface area contributed by atoms with Gasteiger partial charge >= 0.3 is 0 Å². The molecule has 0 N–H and O–H groups in total. The first-order valence-corrected chi connectivity index (χ1v) is 7.95. The van der Waals surface area contributed by atoms with E-state index in [4.69, 9.17) is 14.2 Å². The molecule has 0 fully saturated rings. The Morgan fingerprint density at radius 2 is 1.62 bits per heavy atom. The van der Waals surface area contributed by atoms with Gasteiger partial charge in [0.05, 0.1) is 19.8 Å². The van der Waals surface area contributed by atoms with Crippen LogP contribution < -0.4 is 9.47 Å². The summed E-state index contributed by atoms with van der Waals surface area (Å²) in [6, 6.07) is 17.7. The van der Waals surface area contributed by atoms with Crippen LogP contribution in [0.15, 0.2) is 54.6 Å². The van der Waals surface area contributed by atoms with E-state index < -0.39 is 0 Å². The van der Waals surface area contributed by atoms with E-state index in [0.29, 0.717) is 13.2 Å². The van der Waals surface area contributed by atoms with Crippen LogP contribution in [0, 0.1) is 0 Å². The highest BCUT2D eigenvalue weighted by molar-refractivity contribution is 9.09. The van der Waals surface area contributed by atoms with Crippen LogP contribution in [-0.2, 0) is 4.74 Å². The SMILES string of the molecule is COc1ccc(C(CBr)OCCOc2ccccc2)cc1. The number of halogens is 1. The number of alkyl halides is 1. The number of para-hydroxylation sites is 1.